The maximum atomic E-state index is 13.0. The van der Waals surface area contributed by atoms with Gasteiger partial charge in [-0.05, 0) is 49.6 Å². The Labute approximate surface area is 154 Å². The van der Waals surface area contributed by atoms with Crippen molar-refractivity contribution in [1.82, 2.24) is 9.71 Å². The highest BCUT2D eigenvalue weighted by Gasteiger charge is 2.26. The van der Waals surface area contributed by atoms with Crippen LogP contribution < -0.4 is 10.0 Å². The van der Waals surface area contributed by atoms with Gasteiger partial charge in [0.1, 0.15) is 11.9 Å². The molecule has 1 unspecified atom stereocenters. The van der Waals surface area contributed by atoms with Crippen molar-refractivity contribution in [2.45, 2.75) is 24.3 Å². The summed E-state index contributed by atoms with van der Waals surface area (Å²) in [5.74, 6) is -0.412. The van der Waals surface area contributed by atoms with Crippen LogP contribution in [0.1, 0.15) is 11.3 Å². The molecular weight excluding hydrogens is 385 g/mol. The molecule has 0 spiro atoms. The Balaban J connectivity index is 2.15. The summed E-state index contributed by atoms with van der Waals surface area (Å²) in [5, 5.41) is 3.04. The Morgan fingerprint density at radius 2 is 2.04 bits per heavy atom. The van der Waals surface area contributed by atoms with E-state index in [0.29, 0.717) is 17.3 Å². The number of aryl methyl sites for hydroxylation is 1. The number of rotatable bonds is 8. The Hall–Kier alpha value is -1.49. The fourth-order valence-electron chi connectivity index (χ4n) is 1.95. The second kappa shape index (κ2) is 8.75. The summed E-state index contributed by atoms with van der Waals surface area (Å²) < 4.78 is 40.3. The second-order valence-corrected chi connectivity index (χ2v) is 9.11. The van der Waals surface area contributed by atoms with Gasteiger partial charge in [0.05, 0.1) is 4.90 Å². The van der Waals surface area contributed by atoms with Crippen molar-refractivity contribution in [2.24, 2.45) is 0 Å². The van der Waals surface area contributed by atoms with Crippen molar-refractivity contribution >= 4 is 44.2 Å². The van der Waals surface area contributed by atoms with Gasteiger partial charge in [0.25, 0.3) is 0 Å². The third-order valence-corrected chi connectivity index (χ3v) is 6.16. The number of hydrogen-bond acceptors (Lipinski definition) is 6. The molecule has 1 aromatic carbocycles. The molecule has 1 aromatic heterocycles. The van der Waals surface area contributed by atoms with Crippen LogP contribution in [0.5, 0.6) is 0 Å². The number of sulfonamides is 1. The van der Waals surface area contributed by atoms with Gasteiger partial charge >= 0.3 is 0 Å². The van der Waals surface area contributed by atoms with Crippen LogP contribution in [0.4, 0.5) is 9.52 Å². The Kier molecular flexibility index (Phi) is 6.94. The summed E-state index contributed by atoms with van der Waals surface area (Å²) in [6, 6.07) is 3.48. The number of aromatic nitrogens is 1. The molecule has 136 valence electrons. The lowest BCUT2D eigenvalue weighted by Gasteiger charge is -2.17. The third-order valence-electron chi connectivity index (χ3n) is 3.20. The maximum Gasteiger partial charge on any atom is 0.244 e. The average molecular weight is 404 g/mol. The van der Waals surface area contributed by atoms with E-state index < -0.39 is 27.8 Å². The predicted molar refractivity (Wildman–Crippen MR) is 99.0 cm³/mol. The SMILES string of the molecule is CSCCC(NS(=O)(=O)c1ccc(F)cc1)C(=O)Nc1ncc(C)s1. The number of halogens is 1. The first-order chi connectivity index (χ1) is 11.8. The van der Waals surface area contributed by atoms with Gasteiger partial charge in [0.15, 0.2) is 5.13 Å². The number of anilines is 1. The monoisotopic (exact) mass is 403 g/mol. The first kappa shape index (κ1) is 19.8. The van der Waals surface area contributed by atoms with E-state index in [4.69, 9.17) is 0 Å². The summed E-state index contributed by atoms with van der Waals surface area (Å²) >= 11 is 2.81. The van der Waals surface area contributed by atoms with Crippen molar-refractivity contribution in [3.8, 4) is 0 Å². The lowest BCUT2D eigenvalue weighted by atomic mass is 10.2. The lowest BCUT2D eigenvalue weighted by molar-refractivity contribution is -0.117. The van der Waals surface area contributed by atoms with Gasteiger partial charge in [-0.25, -0.2) is 17.8 Å². The fraction of sp³-hybridized carbons (Fsp3) is 0.333. The van der Waals surface area contributed by atoms with Crippen LogP contribution in [-0.2, 0) is 14.8 Å². The first-order valence-electron chi connectivity index (χ1n) is 7.32. The number of amides is 1. The first-order valence-corrected chi connectivity index (χ1v) is 11.0. The molecule has 25 heavy (non-hydrogen) atoms. The van der Waals surface area contributed by atoms with E-state index in [1.165, 1.54) is 23.1 Å². The number of carbonyl (C=O) groups is 1. The van der Waals surface area contributed by atoms with Gasteiger partial charge in [-0.1, -0.05) is 0 Å². The lowest BCUT2D eigenvalue weighted by Crippen LogP contribution is -2.44. The van der Waals surface area contributed by atoms with E-state index in [-0.39, 0.29) is 4.90 Å². The Morgan fingerprint density at radius 1 is 1.36 bits per heavy atom. The highest BCUT2D eigenvalue weighted by Crippen LogP contribution is 2.18. The van der Waals surface area contributed by atoms with Gasteiger partial charge in [0, 0.05) is 11.1 Å². The number of nitrogens with one attached hydrogen (secondary N) is 2. The molecule has 0 aliphatic carbocycles. The van der Waals surface area contributed by atoms with Crippen LogP contribution >= 0.6 is 23.1 Å². The zero-order valence-corrected chi connectivity index (χ0v) is 16.1. The maximum absolute atomic E-state index is 13.0. The normalized spacial score (nSPS) is 12.8. The molecule has 0 saturated heterocycles. The number of carbonyl (C=O) groups excluding carboxylic acids is 1. The highest BCUT2D eigenvalue weighted by atomic mass is 32.2. The van der Waals surface area contributed by atoms with Gasteiger partial charge in [-0.3, -0.25) is 4.79 Å². The van der Waals surface area contributed by atoms with Gasteiger partial charge in [-0.2, -0.15) is 16.5 Å². The molecule has 0 aliphatic heterocycles. The van der Waals surface area contributed by atoms with Crippen LogP contribution in [0.15, 0.2) is 35.4 Å². The van der Waals surface area contributed by atoms with E-state index in [1.54, 1.807) is 6.20 Å². The molecule has 6 nitrogen and oxygen atoms in total. The number of nitrogens with zero attached hydrogens (tertiary/aromatic N) is 1. The molecule has 10 heteroatoms. The van der Waals surface area contributed by atoms with Crippen molar-refractivity contribution < 1.29 is 17.6 Å². The van der Waals surface area contributed by atoms with Crippen LogP contribution in [0, 0.1) is 12.7 Å². The van der Waals surface area contributed by atoms with Crippen LogP contribution in [0.2, 0.25) is 0 Å². The summed E-state index contributed by atoms with van der Waals surface area (Å²) in [6.07, 6.45) is 3.81. The van der Waals surface area contributed by atoms with Crippen LogP contribution in [0.3, 0.4) is 0 Å². The standard InChI is InChI=1S/C15H18FN3O3S3/c1-10-9-17-15(24-10)18-14(20)13(7-8-23-2)19-25(21,22)12-5-3-11(16)4-6-12/h3-6,9,13,19H,7-8H2,1-2H3,(H,17,18,20). The van der Waals surface area contributed by atoms with Crippen molar-refractivity contribution in [3.05, 3.63) is 41.2 Å². The van der Waals surface area contributed by atoms with Gasteiger partial charge in [0.2, 0.25) is 15.9 Å². The molecule has 2 rings (SSSR count). The highest BCUT2D eigenvalue weighted by molar-refractivity contribution is 7.98. The molecule has 1 amide bonds. The minimum Gasteiger partial charge on any atom is -0.301 e. The molecule has 2 N–H and O–H groups in total. The quantitative estimate of drug-likeness (QED) is 0.707. The zero-order chi connectivity index (χ0) is 18.4. The van der Waals surface area contributed by atoms with E-state index in [9.17, 15) is 17.6 Å². The molecule has 2 aromatic rings. The van der Waals surface area contributed by atoms with Gasteiger partial charge in [-0.15, -0.1) is 11.3 Å². The number of benzene rings is 1. The molecule has 1 atom stereocenters. The summed E-state index contributed by atoms with van der Waals surface area (Å²) in [6.45, 7) is 1.86. The van der Waals surface area contributed by atoms with Crippen molar-refractivity contribution in [2.75, 3.05) is 17.3 Å². The molecule has 1 heterocycles. The minimum atomic E-state index is -3.94. The van der Waals surface area contributed by atoms with Crippen LogP contribution in [-0.4, -0.2) is 37.4 Å². The molecule has 0 aliphatic rings. The summed E-state index contributed by atoms with van der Waals surface area (Å²) in [4.78, 5) is 17.3. The van der Waals surface area contributed by atoms with E-state index in [1.807, 2.05) is 13.2 Å². The number of thiazole rings is 1. The van der Waals surface area contributed by atoms with E-state index in [0.717, 1.165) is 29.1 Å². The predicted octanol–water partition coefficient (Wildman–Crippen LogP) is 2.63. The number of hydrogen-bond donors (Lipinski definition) is 2. The van der Waals surface area contributed by atoms with E-state index >= 15 is 0 Å². The molecule has 0 bridgehead atoms. The third kappa shape index (κ3) is 5.77. The zero-order valence-electron chi connectivity index (χ0n) is 13.7. The van der Waals surface area contributed by atoms with Crippen molar-refractivity contribution in [3.63, 3.8) is 0 Å². The average Bonchev–Trinajstić information content (AvgIpc) is 2.96. The topological polar surface area (TPSA) is 88.2 Å². The smallest absolute Gasteiger partial charge is 0.244 e. The summed E-state index contributed by atoms with van der Waals surface area (Å²) in [5.41, 5.74) is 0. The van der Waals surface area contributed by atoms with Gasteiger partial charge < -0.3 is 5.32 Å². The van der Waals surface area contributed by atoms with Crippen LogP contribution in [0.25, 0.3) is 0 Å². The fourth-order valence-corrected chi connectivity index (χ4v) is 4.32. The second-order valence-electron chi connectivity index (χ2n) is 5.17. The van der Waals surface area contributed by atoms with Crippen molar-refractivity contribution in [1.29, 1.82) is 0 Å². The molecule has 0 radical (unpaired) electrons. The Morgan fingerprint density at radius 3 is 2.60 bits per heavy atom. The summed E-state index contributed by atoms with van der Waals surface area (Å²) in [7, 11) is -3.94. The molecule has 0 fully saturated rings. The minimum absolute atomic E-state index is 0.0963. The Bertz CT molecular complexity index is 822. The van der Waals surface area contributed by atoms with E-state index in [2.05, 4.69) is 15.0 Å². The molecule has 0 saturated carbocycles. The molecular formula is C15H18FN3O3S3. The number of thioether (sulfide) groups is 1. The largest absolute Gasteiger partial charge is 0.301 e.